The Hall–Kier alpha value is -3.81. The maximum absolute atomic E-state index is 13.6. The van der Waals surface area contributed by atoms with Gasteiger partial charge in [-0.3, -0.25) is 4.79 Å². The minimum Gasteiger partial charge on any atom is -0.465 e. The molecule has 2 aromatic carbocycles. The number of nitrogens with zero attached hydrogens (tertiary/aromatic N) is 2. The van der Waals surface area contributed by atoms with Gasteiger partial charge in [0, 0.05) is 17.8 Å². The van der Waals surface area contributed by atoms with Crippen molar-refractivity contribution in [1.29, 1.82) is 0 Å². The van der Waals surface area contributed by atoms with Crippen molar-refractivity contribution >= 4 is 23.4 Å². The van der Waals surface area contributed by atoms with Gasteiger partial charge >= 0.3 is 5.97 Å². The molecule has 1 aromatic heterocycles. The molecular weight excluding hydrogens is 363 g/mol. The first-order valence-electron chi connectivity index (χ1n) is 8.37. The number of hydrogen-bond donors (Lipinski definition) is 2. The molecule has 0 saturated heterocycles. The number of anilines is 2. The van der Waals surface area contributed by atoms with Gasteiger partial charge in [-0.1, -0.05) is 18.2 Å². The Morgan fingerprint density at radius 1 is 1.00 bits per heavy atom. The normalized spacial score (nSPS) is 10.2. The Kier molecular flexibility index (Phi) is 5.91. The smallest absolute Gasteiger partial charge is 0.337 e. The van der Waals surface area contributed by atoms with Gasteiger partial charge in [0.25, 0.3) is 5.91 Å². The van der Waals surface area contributed by atoms with Crippen molar-refractivity contribution in [3.8, 4) is 0 Å². The molecule has 0 unspecified atom stereocenters. The molecule has 7 nitrogen and oxygen atoms in total. The zero-order chi connectivity index (χ0) is 19.9. The van der Waals surface area contributed by atoms with Crippen LogP contribution in [0.2, 0.25) is 0 Å². The van der Waals surface area contributed by atoms with E-state index < -0.39 is 11.9 Å². The maximum atomic E-state index is 13.6. The molecule has 142 valence electrons. The van der Waals surface area contributed by atoms with Crippen LogP contribution in [0.5, 0.6) is 0 Å². The molecule has 1 amide bonds. The van der Waals surface area contributed by atoms with E-state index in [1.165, 1.54) is 19.2 Å². The summed E-state index contributed by atoms with van der Waals surface area (Å²) < 4.78 is 18.2. The number of nitrogens with one attached hydrogen (secondary N) is 2. The Labute approximate surface area is 160 Å². The molecule has 0 spiro atoms. The van der Waals surface area contributed by atoms with Crippen LogP contribution >= 0.6 is 0 Å². The van der Waals surface area contributed by atoms with E-state index in [0.29, 0.717) is 22.6 Å². The lowest BCUT2D eigenvalue weighted by Crippen LogP contribution is -2.24. The Morgan fingerprint density at radius 2 is 1.75 bits per heavy atom. The van der Waals surface area contributed by atoms with Crippen molar-refractivity contribution in [2.45, 2.75) is 6.54 Å². The summed E-state index contributed by atoms with van der Waals surface area (Å²) in [5.74, 6) is -0.829. The number of hydrogen-bond acceptors (Lipinski definition) is 6. The Balaban J connectivity index is 1.59. The highest BCUT2D eigenvalue weighted by molar-refractivity contribution is 5.92. The zero-order valence-electron chi connectivity index (χ0n) is 15.0. The van der Waals surface area contributed by atoms with E-state index in [9.17, 15) is 14.0 Å². The lowest BCUT2D eigenvalue weighted by Gasteiger charge is -2.07. The number of amides is 1. The van der Waals surface area contributed by atoms with Gasteiger partial charge in [-0.15, -0.1) is 10.2 Å². The number of aromatic nitrogens is 2. The fourth-order valence-corrected chi connectivity index (χ4v) is 2.38. The van der Waals surface area contributed by atoms with Crippen LogP contribution in [0.4, 0.5) is 15.9 Å². The van der Waals surface area contributed by atoms with Crippen LogP contribution in [0.15, 0.2) is 60.7 Å². The van der Waals surface area contributed by atoms with Crippen LogP contribution in [-0.2, 0) is 11.3 Å². The van der Waals surface area contributed by atoms with E-state index in [2.05, 4.69) is 25.6 Å². The summed E-state index contributed by atoms with van der Waals surface area (Å²) >= 11 is 0. The predicted molar refractivity (Wildman–Crippen MR) is 101 cm³/mol. The van der Waals surface area contributed by atoms with E-state index in [-0.39, 0.29) is 18.1 Å². The van der Waals surface area contributed by atoms with Crippen molar-refractivity contribution in [2.75, 3.05) is 12.4 Å². The summed E-state index contributed by atoms with van der Waals surface area (Å²) in [7, 11) is 1.32. The largest absolute Gasteiger partial charge is 0.465 e. The maximum Gasteiger partial charge on any atom is 0.337 e. The van der Waals surface area contributed by atoms with E-state index in [1.54, 1.807) is 48.5 Å². The molecule has 0 fully saturated rings. The number of ether oxygens (including phenoxy) is 1. The van der Waals surface area contributed by atoms with Crippen molar-refractivity contribution in [1.82, 2.24) is 15.5 Å². The summed E-state index contributed by atoms with van der Waals surface area (Å²) in [6, 6.07) is 15.9. The number of carbonyl (C=O) groups excluding carboxylic acids is 2. The summed E-state index contributed by atoms with van der Waals surface area (Å²) in [4.78, 5) is 23.6. The van der Waals surface area contributed by atoms with Crippen LogP contribution < -0.4 is 10.6 Å². The first-order valence-corrected chi connectivity index (χ1v) is 8.37. The first-order chi connectivity index (χ1) is 13.6. The lowest BCUT2D eigenvalue weighted by molar-refractivity contribution is 0.0600. The highest BCUT2D eigenvalue weighted by atomic mass is 19.1. The third-order valence-corrected chi connectivity index (χ3v) is 3.87. The molecule has 0 aliphatic heterocycles. The minimum atomic E-state index is -0.454. The molecule has 3 aromatic rings. The second-order valence-corrected chi connectivity index (χ2v) is 5.77. The third-order valence-electron chi connectivity index (χ3n) is 3.87. The average Bonchev–Trinajstić information content (AvgIpc) is 2.73. The zero-order valence-corrected chi connectivity index (χ0v) is 15.0. The van der Waals surface area contributed by atoms with Crippen LogP contribution in [0, 0.1) is 5.82 Å². The summed E-state index contributed by atoms with van der Waals surface area (Å²) in [6.45, 7) is 0.0553. The van der Waals surface area contributed by atoms with Crippen molar-refractivity contribution in [2.24, 2.45) is 0 Å². The topological polar surface area (TPSA) is 93.2 Å². The monoisotopic (exact) mass is 380 g/mol. The Morgan fingerprint density at radius 3 is 2.39 bits per heavy atom. The molecule has 3 rings (SSSR count). The molecule has 2 N–H and O–H groups in total. The minimum absolute atomic E-state index is 0.0553. The number of halogens is 1. The van der Waals surface area contributed by atoms with Gasteiger partial charge in [-0.2, -0.15) is 0 Å². The second-order valence-electron chi connectivity index (χ2n) is 5.77. The molecule has 1 heterocycles. The van der Waals surface area contributed by atoms with E-state index >= 15 is 0 Å². The fourth-order valence-electron chi connectivity index (χ4n) is 2.38. The van der Waals surface area contributed by atoms with Crippen LogP contribution in [0.25, 0.3) is 0 Å². The van der Waals surface area contributed by atoms with Gasteiger partial charge in [0.1, 0.15) is 5.82 Å². The average molecular weight is 380 g/mol. The number of benzene rings is 2. The molecular formula is C20H17FN4O3. The van der Waals surface area contributed by atoms with E-state index in [4.69, 9.17) is 0 Å². The van der Waals surface area contributed by atoms with Crippen molar-refractivity contribution in [3.63, 3.8) is 0 Å². The van der Waals surface area contributed by atoms with Gasteiger partial charge in [0.05, 0.1) is 12.7 Å². The summed E-state index contributed by atoms with van der Waals surface area (Å²) in [5, 5.41) is 13.4. The van der Waals surface area contributed by atoms with Crippen LogP contribution in [-0.4, -0.2) is 29.2 Å². The molecule has 0 aliphatic rings. The highest BCUT2D eigenvalue weighted by Gasteiger charge is 2.10. The molecule has 0 atom stereocenters. The first kappa shape index (κ1) is 19.0. The van der Waals surface area contributed by atoms with Gasteiger partial charge in [0.2, 0.25) is 0 Å². The van der Waals surface area contributed by atoms with Crippen molar-refractivity contribution < 1.29 is 18.7 Å². The van der Waals surface area contributed by atoms with Gasteiger partial charge < -0.3 is 15.4 Å². The molecule has 0 bridgehead atoms. The highest BCUT2D eigenvalue weighted by Crippen LogP contribution is 2.15. The predicted octanol–water partition coefficient (Wildman–Crippen LogP) is 3.08. The van der Waals surface area contributed by atoms with Crippen molar-refractivity contribution in [3.05, 3.63) is 83.3 Å². The molecule has 28 heavy (non-hydrogen) atoms. The third kappa shape index (κ3) is 4.67. The number of carbonyl (C=O) groups is 2. The molecule has 0 radical (unpaired) electrons. The SMILES string of the molecule is COC(=O)c1ccc(Nc2ccc(C(=O)NCc3ccccc3F)nn2)cc1. The molecule has 8 heteroatoms. The standard InChI is InChI=1S/C20H17FN4O3/c1-28-20(27)13-6-8-15(9-7-13)23-18-11-10-17(24-25-18)19(26)22-12-14-4-2-3-5-16(14)21/h2-11H,12H2,1H3,(H,22,26)(H,23,25). The lowest BCUT2D eigenvalue weighted by atomic mass is 10.2. The fraction of sp³-hybridized carbons (Fsp3) is 0.100. The summed E-state index contributed by atoms with van der Waals surface area (Å²) in [5.41, 5.74) is 1.63. The van der Waals surface area contributed by atoms with Crippen LogP contribution in [0.1, 0.15) is 26.4 Å². The van der Waals surface area contributed by atoms with E-state index in [0.717, 1.165) is 0 Å². The number of methoxy groups -OCH3 is 1. The van der Waals surface area contributed by atoms with Gasteiger partial charge in [0.15, 0.2) is 11.5 Å². The molecule has 0 aliphatic carbocycles. The Bertz CT molecular complexity index is 976. The number of rotatable bonds is 6. The van der Waals surface area contributed by atoms with Crippen LogP contribution in [0.3, 0.4) is 0 Å². The molecule has 0 saturated carbocycles. The van der Waals surface area contributed by atoms with Gasteiger partial charge in [-0.05, 0) is 42.5 Å². The van der Waals surface area contributed by atoms with Gasteiger partial charge in [-0.25, -0.2) is 9.18 Å². The number of esters is 1. The second kappa shape index (κ2) is 8.72. The quantitative estimate of drug-likeness (QED) is 0.639. The summed E-state index contributed by atoms with van der Waals surface area (Å²) in [6.07, 6.45) is 0. The van der Waals surface area contributed by atoms with E-state index in [1.807, 2.05) is 0 Å².